The number of carboxylic acid groups (broad SMARTS) is 1. The predicted molar refractivity (Wildman–Crippen MR) is 123 cm³/mol. The molecule has 12 nitrogen and oxygen atoms in total. The average molecular weight is 483 g/mol. The molecule has 2 fully saturated rings. The largest absolute Gasteiger partial charge is 0.481 e. The molecule has 2 heterocycles. The van der Waals surface area contributed by atoms with E-state index in [4.69, 9.17) is 16.6 Å². The Hall–Kier alpha value is -2.73. The summed E-state index contributed by atoms with van der Waals surface area (Å²) in [6, 6.07) is -3.68. The lowest BCUT2D eigenvalue weighted by atomic mass is 10.0. The van der Waals surface area contributed by atoms with Crippen molar-refractivity contribution in [1.29, 1.82) is 0 Å². The Bertz CT molecular complexity index is 747. The molecule has 0 spiro atoms. The van der Waals surface area contributed by atoms with Crippen LogP contribution >= 0.6 is 0 Å². The molecule has 0 radical (unpaired) electrons. The van der Waals surface area contributed by atoms with Crippen LogP contribution in [-0.4, -0.2) is 83.4 Å². The first-order chi connectivity index (χ1) is 16.3. The maximum atomic E-state index is 13.4. The van der Waals surface area contributed by atoms with Gasteiger partial charge in [0, 0.05) is 13.0 Å². The van der Waals surface area contributed by atoms with Gasteiger partial charge in [-0.2, -0.15) is 0 Å². The van der Waals surface area contributed by atoms with Crippen LogP contribution in [0, 0.1) is 0 Å². The van der Waals surface area contributed by atoms with E-state index in [1.165, 1.54) is 4.90 Å². The number of fused-ring (bicyclic) bond motifs is 1. The fourth-order valence-electron chi connectivity index (χ4n) is 4.36. The van der Waals surface area contributed by atoms with Gasteiger partial charge < -0.3 is 37.4 Å². The second-order valence-corrected chi connectivity index (χ2v) is 8.87. The van der Waals surface area contributed by atoms with E-state index in [9.17, 15) is 24.0 Å². The van der Waals surface area contributed by atoms with Gasteiger partial charge in [-0.15, -0.1) is 0 Å². The van der Waals surface area contributed by atoms with Crippen LogP contribution < -0.4 is 27.4 Å². The monoisotopic (exact) mass is 482 g/mol. The van der Waals surface area contributed by atoms with Gasteiger partial charge in [-0.05, 0) is 70.9 Å². The van der Waals surface area contributed by atoms with E-state index in [1.54, 1.807) is 0 Å². The summed E-state index contributed by atoms with van der Waals surface area (Å²) >= 11 is 0. The third kappa shape index (κ3) is 7.94. The van der Waals surface area contributed by atoms with Crippen molar-refractivity contribution >= 4 is 29.6 Å². The highest BCUT2D eigenvalue weighted by Gasteiger charge is 2.40. The molecule has 8 N–H and O–H groups in total. The van der Waals surface area contributed by atoms with Crippen molar-refractivity contribution < 1.29 is 29.1 Å². The highest BCUT2D eigenvalue weighted by molar-refractivity contribution is 5.97. The summed E-state index contributed by atoms with van der Waals surface area (Å²) in [5, 5.41) is 17.1. The summed E-state index contributed by atoms with van der Waals surface area (Å²) in [7, 11) is 0. The maximum absolute atomic E-state index is 13.4. The van der Waals surface area contributed by atoms with Crippen LogP contribution in [0.2, 0.25) is 0 Å². The molecule has 12 heteroatoms. The number of amides is 4. The number of hydrogen-bond donors (Lipinski definition) is 6. The number of nitrogens with two attached hydrogens (primary N) is 2. The minimum atomic E-state index is -1.16. The van der Waals surface area contributed by atoms with Gasteiger partial charge in [0.1, 0.15) is 24.2 Å². The van der Waals surface area contributed by atoms with Gasteiger partial charge >= 0.3 is 5.97 Å². The third-order valence-electron chi connectivity index (χ3n) is 6.26. The Labute approximate surface area is 199 Å². The molecule has 0 aromatic rings. The molecular formula is C22H38N6O6. The molecule has 2 rings (SSSR count). The number of nitrogens with zero attached hydrogens (tertiary/aromatic N) is 1. The summed E-state index contributed by atoms with van der Waals surface area (Å²) in [4.78, 5) is 65.2. The summed E-state index contributed by atoms with van der Waals surface area (Å²) in [5.41, 5.74) is 11.1. The Kier molecular flexibility index (Phi) is 11.2. The van der Waals surface area contributed by atoms with E-state index in [-0.39, 0.29) is 18.7 Å². The van der Waals surface area contributed by atoms with Crippen LogP contribution in [0.5, 0.6) is 0 Å². The summed E-state index contributed by atoms with van der Waals surface area (Å²) < 4.78 is 0. The molecule has 34 heavy (non-hydrogen) atoms. The van der Waals surface area contributed by atoms with E-state index >= 15 is 0 Å². The molecule has 2 aliphatic heterocycles. The summed E-state index contributed by atoms with van der Waals surface area (Å²) in [6.45, 7) is 1.25. The first-order valence-electron chi connectivity index (χ1n) is 12.1. The molecule has 2 aliphatic rings. The van der Waals surface area contributed by atoms with Crippen molar-refractivity contribution in [1.82, 2.24) is 20.9 Å². The van der Waals surface area contributed by atoms with Crippen molar-refractivity contribution in [2.45, 2.75) is 88.4 Å². The molecular weight excluding hydrogens is 444 g/mol. The molecule has 2 saturated heterocycles. The van der Waals surface area contributed by atoms with Gasteiger partial charge in [-0.1, -0.05) is 0 Å². The van der Waals surface area contributed by atoms with Crippen molar-refractivity contribution in [2.24, 2.45) is 11.5 Å². The topological polar surface area (TPSA) is 197 Å². The van der Waals surface area contributed by atoms with Crippen LogP contribution in [-0.2, 0) is 24.0 Å². The highest BCUT2D eigenvalue weighted by atomic mass is 16.4. The van der Waals surface area contributed by atoms with Gasteiger partial charge in [0.25, 0.3) is 0 Å². The number of carbonyl (C=O) groups is 5. The fourth-order valence-corrected chi connectivity index (χ4v) is 4.36. The zero-order valence-electron chi connectivity index (χ0n) is 19.6. The van der Waals surface area contributed by atoms with Crippen molar-refractivity contribution in [3.8, 4) is 0 Å². The number of carbonyl (C=O) groups excluding carboxylic acids is 4. The molecule has 0 unspecified atom stereocenters. The predicted octanol–water partition coefficient (Wildman–Crippen LogP) is -1.43. The van der Waals surface area contributed by atoms with E-state index in [0.717, 1.165) is 0 Å². The van der Waals surface area contributed by atoms with Gasteiger partial charge in [0.15, 0.2) is 0 Å². The summed E-state index contributed by atoms with van der Waals surface area (Å²) in [6.07, 6.45) is 3.74. The highest BCUT2D eigenvalue weighted by Crippen LogP contribution is 2.21. The second-order valence-electron chi connectivity index (χ2n) is 8.87. The molecule has 192 valence electrons. The van der Waals surface area contributed by atoms with E-state index in [0.29, 0.717) is 71.0 Å². The number of aliphatic carboxylic acids is 1. The first-order valence-corrected chi connectivity index (χ1v) is 12.1. The minimum Gasteiger partial charge on any atom is -0.481 e. The smallest absolute Gasteiger partial charge is 0.303 e. The number of nitrogens with one attached hydrogen (secondary N) is 3. The van der Waals surface area contributed by atoms with E-state index in [1.807, 2.05) is 0 Å². The van der Waals surface area contributed by atoms with Gasteiger partial charge in [-0.25, -0.2) is 0 Å². The normalized spacial score (nSPS) is 26.1. The Morgan fingerprint density at radius 1 is 0.824 bits per heavy atom. The molecule has 0 saturated carbocycles. The Morgan fingerprint density at radius 2 is 1.35 bits per heavy atom. The van der Waals surface area contributed by atoms with Crippen molar-refractivity contribution in [2.75, 3.05) is 19.6 Å². The lowest BCUT2D eigenvalue weighted by molar-refractivity contribution is -0.144. The van der Waals surface area contributed by atoms with Gasteiger partial charge in [0.05, 0.1) is 0 Å². The maximum Gasteiger partial charge on any atom is 0.303 e. The number of unbranched alkanes of at least 4 members (excludes halogenated alkanes) is 2. The van der Waals surface area contributed by atoms with E-state index < -0.39 is 47.9 Å². The molecule has 0 aliphatic carbocycles. The molecule has 0 bridgehead atoms. The summed E-state index contributed by atoms with van der Waals surface area (Å²) in [5.74, 6) is -3.06. The number of hydrogen-bond acceptors (Lipinski definition) is 7. The fraction of sp³-hybridized carbons (Fsp3) is 0.773. The minimum absolute atomic E-state index is 0.146. The number of rotatable bonds is 11. The lowest BCUT2D eigenvalue weighted by Gasteiger charge is -2.32. The lowest BCUT2D eigenvalue weighted by Crippen LogP contribution is -2.61. The van der Waals surface area contributed by atoms with E-state index in [2.05, 4.69) is 16.0 Å². The molecule has 0 aromatic heterocycles. The SMILES string of the molecule is NCCCC[C@@H]1NC(=O)[C@@H]2CCCN2C(=O)[C@H](CCCCN)NC(=O)[C@H](CCC(=O)O)NC1=O. The van der Waals surface area contributed by atoms with Gasteiger partial charge in [-0.3, -0.25) is 24.0 Å². The van der Waals surface area contributed by atoms with Crippen LogP contribution in [0.1, 0.15) is 64.2 Å². The standard InChI is InChI=1S/C22H38N6O6/c23-11-3-1-6-14-19(31)25-15(9-10-18(29)30)20(32)27-16(7-2-4-12-24)22(34)28-13-5-8-17(28)21(33)26-14/h14-17H,1-13,23-24H2,(H,25,31)(H,26,33)(H,27,32)(H,29,30)/t14-,15-,16-,17-/m0/s1. The molecule has 0 aromatic carbocycles. The van der Waals surface area contributed by atoms with Crippen LogP contribution in [0.4, 0.5) is 0 Å². The first kappa shape index (κ1) is 27.5. The second kappa shape index (κ2) is 13.9. The Morgan fingerprint density at radius 3 is 1.94 bits per heavy atom. The quantitative estimate of drug-likeness (QED) is 0.193. The van der Waals surface area contributed by atoms with Crippen molar-refractivity contribution in [3.63, 3.8) is 0 Å². The Balaban J connectivity index is 2.33. The zero-order valence-corrected chi connectivity index (χ0v) is 19.6. The molecule has 4 atom stereocenters. The van der Waals surface area contributed by atoms with Crippen LogP contribution in [0.3, 0.4) is 0 Å². The molecule has 4 amide bonds. The van der Waals surface area contributed by atoms with Crippen LogP contribution in [0.25, 0.3) is 0 Å². The van der Waals surface area contributed by atoms with Crippen LogP contribution in [0.15, 0.2) is 0 Å². The number of carboxylic acids is 1. The van der Waals surface area contributed by atoms with Crippen molar-refractivity contribution in [3.05, 3.63) is 0 Å². The van der Waals surface area contributed by atoms with Gasteiger partial charge in [0.2, 0.25) is 23.6 Å². The average Bonchev–Trinajstić information content (AvgIpc) is 3.29. The third-order valence-corrected chi connectivity index (χ3v) is 6.26. The zero-order chi connectivity index (χ0) is 25.1.